The maximum atomic E-state index is 13.3. The molecule has 2 amide bonds. The van der Waals surface area contributed by atoms with Gasteiger partial charge in [0.2, 0.25) is 20.0 Å². The summed E-state index contributed by atoms with van der Waals surface area (Å²) in [7, 11) is -7.40. The van der Waals surface area contributed by atoms with Gasteiger partial charge in [0, 0.05) is 59.8 Å². The van der Waals surface area contributed by atoms with E-state index < -0.39 is 31.9 Å². The number of carbonyl (C=O) groups excluding carboxylic acids is 2. The van der Waals surface area contributed by atoms with Crippen molar-refractivity contribution in [3.05, 3.63) is 108 Å². The van der Waals surface area contributed by atoms with E-state index in [1.54, 1.807) is 24.3 Å². The van der Waals surface area contributed by atoms with E-state index in [4.69, 9.17) is 9.47 Å². The van der Waals surface area contributed by atoms with Crippen LogP contribution in [0.2, 0.25) is 0 Å². The number of sulfonamides is 2. The fraction of sp³-hybridized carbons (Fsp3) is 0.235. The molecule has 2 aliphatic rings. The van der Waals surface area contributed by atoms with E-state index in [1.807, 2.05) is 24.3 Å². The van der Waals surface area contributed by atoms with Gasteiger partial charge in [-0.1, -0.05) is 36.4 Å². The van der Waals surface area contributed by atoms with Crippen LogP contribution in [-0.4, -0.2) is 89.9 Å². The van der Waals surface area contributed by atoms with Crippen molar-refractivity contribution in [1.82, 2.24) is 8.61 Å². The van der Waals surface area contributed by atoms with Crippen LogP contribution in [0.15, 0.2) is 107 Å². The minimum Gasteiger partial charge on any atom is -0.379 e. The van der Waals surface area contributed by atoms with Gasteiger partial charge in [0.05, 0.1) is 36.2 Å². The zero-order chi connectivity index (χ0) is 33.7. The van der Waals surface area contributed by atoms with Crippen LogP contribution >= 0.6 is 0 Å². The lowest BCUT2D eigenvalue weighted by Gasteiger charge is -2.26. The molecule has 14 heteroatoms. The van der Waals surface area contributed by atoms with Crippen LogP contribution in [0.3, 0.4) is 0 Å². The number of hydrogen-bond acceptors (Lipinski definition) is 8. The van der Waals surface area contributed by atoms with E-state index in [0.29, 0.717) is 48.9 Å². The Morgan fingerprint density at radius 2 is 0.833 bits per heavy atom. The van der Waals surface area contributed by atoms with Crippen molar-refractivity contribution >= 4 is 43.2 Å². The maximum absolute atomic E-state index is 13.3. The normalized spacial score (nSPS) is 16.2. The first-order chi connectivity index (χ1) is 23.1. The predicted molar refractivity (Wildman–Crippen MR) is 180 cm³/mol. The lowest BCUT2D eigenvalue weighted by atomic mass is 10.0. The number of amides is 2. The number of nitrogens with zero attached hydrogens (tertiary/aromatic N) is 2. The van der Waals surface area contributed by atoms with Crippen LogP contribution in [0.5, 0.6) is 0 Å². The van der Waals surface area contributed by atoms with Crippen LogP contribution in [-0.2, 0) is 29.5 Å². The standard InChI is InChI=1S/C34H34N4O8S2/c39-33(25-9-13-27(14-10-25)47(41,42)37-17-21-45-22-18-37)35-31-7-3-1-5-29(31)30-6-2-4-8-32(30)36-34(40)26-11-15-28(16-12-26)48(43,44)38-19-23-46-24-20-38/h1-16H,17-24H2,(H,35,39)(H,36,40). The zero-order valence-electron chi connectivity index (χ0n) is 25.9. The fourth-order valence-electron chi connectivity index (χ4n) is 5.47. The first kappa shape index (κ1) is 33.5. The monoisotopic (exact) mass is 690 g/mol. The van der Waals surface area contributed by atoms with Gasteiger partial charge in [-0.25, -0.2) is 16.8 Å². The zero-order valence-corrected chi connectivity index (χ0v) is 27.5. The summed E-state index contributed by atoms with van der Waals surface area (Å²) in [5.74, 6) is -0.877. The highest BCUT2D eigenvalue weighted by atomic mass is 32.2. The highest BCUT2D eigenvalue weighted by Gasteiger charge is 2.28. The molecule has 0 spiro atoms. The predicted octanol–water partition coefficient (Wildman–Crippen LogP) is 3.90. The van der Waals surface area contributed by atoms with Crippen LogP contribution in [0.1, 0.15) is 20.7 Å². The highest BCUT2D eigenvalue weighted by molar-refractivity contribution is 7.89. The van der Waals surface area contributed by atoms with Crippen LogP contribution < -0.4 is 10.6 Å². The number of para-hydroxylation sites is 2. The van der Waals surface area contributed by atoms with Gasteiger partial charge in [0.1, 0.15) is 0 Å². The minimum absolute atomic E-state index is 0.0967. The Morgan fingerprint density at radius 3 is 1.19 bits per heavy atom. The van der Waals surface area contributed by atoms with Crippen LogP contribution in [0, 0.1) is 0 Å². The summed E-state index contributed by atoms with van der Waals surface area (Å²) in [5, 5.41) is 5.82. The number of rotatable bonds is 9. The lowest BCUT2D eigenvalue weighted by Crippen LogP contribution is -2.40. The SMILES string of the molecule is O=C(Nc1ccccc1-c1ccccc1NC(=O)c1ccc(S(=O)(=O)N2CCOCC2)cc1)c1ccc(S(=O)(=O)N2CCOCC2)cc1. The maximum Gasteiger partial charge on any atom is 0.255 e. The van der Waals surface area contributed by atoms with E-state index in [9.17, 15) is 26.4 Å². The summed E-state index contributed by atoms with van der Waals surface area (Å²) in [5.41, 5.74) is 2.78. The van der Waals surface area contributed by atoms with E-state index in [2.05, 4.69) is 10.6 Å². The first-order valence-electron chi connectivity index (χ1n) is 15.3. The summed E-state index contributed by atoms with van der Waals surface area (Å²) in [6, 6.07) is 25.8. The molecule has 6 rings (SSSR count). The molecule has 2 heterocycles. The lowest BCUT2D eigenvalue weighted by molar-refractivity contribution is 0.0730. The van der Waals surface area contributed by atoms with E-state index in [1.165, 1.54) is 57.1 Å². The molecule has 48 heavy (non-hydrogen) atoms. The van der Waals surface area contributed by atoms with Gasteiger partial charge in [-0.3, -0.25) is 9.59 Å². The Labute approximate surface area is 279 Å². The molecule has 250 valence electrons. The Bertz CT molecular complexity index is 1860. The third kappa shape index (κ3) is 7.18. The van der Waals surface area contributed by atoms with Gasteiger partial charge in [-0.2, -0.15) is 8.61 Å². The quantitative estimate of drug-likeness (QED) is 0.269. The molecule has 0 bridgehead atoms. The Hall–Kier alpha value is -4.44. The second-order valence-electron chi connectivity index (χ2n) is 11.1. The molecular weight excluding hydrogens is 657 g/mol. The van der Waals surface area contributed by atoms with Gasteiger partial charge < -0.3 is 20.1 Å². The number of benzene rings is 4. The topological polar surface area (TPSA) is 151 Å². The Kier molecular flexibility index (Phi) is 10.0. The molecule has 2 fully saturated rings. The first-order valence-corrected chi connectivity index (χ1v) is 18.2. The van der Waals surface area contributed by atoms with E-state index >= 15 is 0 Å². The molecule has 2 aliphatic heterocycles. The molecule has 0 unspecified atom stereocenters. The minimum atomic E-state index is -3.70. The average molecular weight is 691 g/mol. The second-order valence-corrected chi connectivity index (χ2v) is 15.0. The third-order valence-electron chi connectivity index (χ3n) is 8.09. The van der Waals surface area contributed by atoms with Crippen molar-refractivity contribution in [2.75, 3.05) is 63.2 Å². The molecular formula is C34H34N4O8S2. The fourth-order valence-corrected chi connectivity index (χ4v) is 8.29. The second kappa shape index (κ2) is 14.4. The van der Waals surface area contributed by atoms with E-state index in [0.717, 1.165) is 0 Å². The number of nitrogens with one attached hydrogen (secondary N) is 2. The molecule has 4 aromatic rings. The summed E-state index contributed by atoms with van der Waals surface area (Å²) in [4.78, 5) is 26.8. The van der Waals surface area contributed by atoms with Gasteiger partial charge in [-0.05, 0) is 60.7 Å². The number of hydrogen-bond donors (Lipinski definition) is 2. The number of anilines is 2. The molecule has 4 aromatic carbocycles. The van der Waals surface area contributed by atoms with Gasteiger partial charge in [-0.15, -0.1) is 0 Å². The molecule has 0 aliphatic carbocycles. The molecule has 0 radical (unpaired) electrons. The van der Waals surface area contributed by atoms with Gasteiger partial charge in [0.15, 0.2) is 0 Å². The summed E-state index contributed by atoms with van der Waals surface area (Å²) < 4.78 is 65.2. The molecule has 0 saturated carbocycles. The molecule has 2 saturated heterocycles. The number of ether oxygens (including phenoxy) is 2. The van der Waals surface area contributed by atoms with Gasteiger partial charge in [0.25, 0.3) is 11.8 Å². The van der Waals surface area contributed by atoms with Crippen LogP contribution in [0.4, 0.5) is 11.4 Å². The van der Waals surface area contributed by atoms with Crippen molar-refractivity contribution in [2.24, 2.45) is 0 Å². The van der Waals surface area contributed by atoms with Crippen LogP contribution in [0.25, 0.3) is 11.1 Å². The summed E-state index contributed by atoms with van der Waals surface area (Å²) >= 11 is 0. The largest absolute Gasteiger partial charge is 0.379 e. The Balaban J connectivity index is 1.18. The number of carbonyl (C=O) groups is 2. The van der Waals surface area contributed by atoms with Crippen molar-refractivity contribution in [3.8, 4) is 11.1 Å². The smallest absolute Gasteiger partial charge is 0.255 e. The molecule has 2 N–H and O–H groups in total. The molecule has 12 nitrogen and oxygen atoms in total. The van der Waals surface area contributed by atoms with Gasteiger partial charge >= 0.3 is 0 Å². The summed E-state index contributed by atoms with van der Waals surface area (Å²) in [6.07, 6.45) is 0. The molecule has 0 atom stereocenters. The number of morpholine rings is 2. The molecule has 0 aromatic heterocycles. The van der Waals surface area contributed by atoms with Crippen molar-refractivity contribution in [3.63, 3.8) is 0 Å². The highest BCUT2D eigenvalue weighted by Crippen LogP contribution is 2.34. The average Bonchev–Trinajstić information content (AvgIpc) is 3.13. The van der Waals surface area contributed by atoms with Crippen molar-refractivity contribution < 1.29 is 35.9 Å². The Morgan fingerprint density at radius 1 is 0.500 bits per heavy atom. The van der Waals surface area contributed by atoms with Crippen molar-refractivity contribution in [1.29, 1.82) is 0 Å². The van der Waals surface area contributed by atoms with Crippen molar-refractivity contribution in [2.45, 2.75) is 9.79 Å². The third-order valence-corrected chi connectivity index (χ3v) is 11.9. The summed E-state index contributed by atoms with van der Waals surface area (Å²) in [6.45, 7) is 2.43. The van der Waals surface area contributed by atoms with E-state index in [-0.39, 0.29) is 47.1 Å².